The summed E-state index contributed by atoms with van der Waals surface area (Å²) >= 11 is 0. The van der Waals surface area contributed by atoms with Gasteiger partial charge in [-0.25, -0.2) is 22.8 Å². The summed E-state index contributed by atoms with van der Waals surface area (Å²) in [5.41, 5.74) is 42.6. The first-order chi connectivity index (χ1) is 55.6. The molecular weight excluding hydrogens is 1360 g/mol. The van der Waals surface area contributed by atoms with E-state index in [1.54, 1.807) is 35.9 Å². The first-order valence-electron chi connectivity index (χ1n) is 41.9. The molecule has 0 aliphatic rings. The lowest BCUT2D eigenvalue weighted by atomic mass is 9.97. The molecule has 0 spiro atoms. The summed E-state index contributed by atoms with van der Waals surface area (Å²) in [5, 5.41) is 0. The number of benzene rings is 7. The molecule has 0 unspecified atom stereocenters. The van der Waals surface area contributed by atoms with Crippen LogP contribution in [0.3, 0.4) is 0 Å². The van der Waals surface area contributed by atoms with Crippen molar-refractivity contribution in [3.8, 4) is 78.8 Å². The normalized spacial score (nSPS) is 11.5. The second-order valence-corrected chi connectivity index (χ2v) is 30.4. The molecule has 14 aromatic rings. The Morgan fingerprint density at radius 2 is 0.500 bits per heavy atom. The van der Waals surface area contributed by atoms with Crippen LogP contribution in [-0.4, -0.2) is 0 Å². The van der Waals surface area contributed by atoms with Gasteiger partial charge in [0.05, 0.1) is 11.1 Å². The quantitative estimate of drug-likeness (QED) is 0.142. The lowest BCUT2D eigenvalue weighted by molar-refractivity contribution is -0.666. The van der Waals surface area contributed by atoms with Crippen molar-refractivity contribution in [3.05, 3.63) is 373 Å². The third kappa shape index (κ3) is 21.4. The zero-order valence-corrected chi connectivity index (χ0v) is 71.9. The molecule has 7 nitrogen and oxygen atoms in total. The van der Waals surface area contributed by atoms with E-state index in [0.717, 1.165) is 28.1 Å². The molecule has 7 aromatic heterocycles. The molecule has 0 aliphatic heterocycles. The molecule has 0 atom stereocenters. The van der Waals surface area contributed by atoms with Gasteiger partial charge in [0.15, 0.2) is 42.4 Å². The van der Waals surface area contributed by atoms with Crippen molar-refractivity contribution >= 4 is 0 Å². The van der Waals surface area contributed by atoms with E-state index < -0.39 is 13.7 Å². The van der Waals surface area contributed by atoms with Gasteiger partial charge in [-0.05, 0) is 265 Å². The molecule has 0 bridgehead atoms. The van der Waals surface area contributed by atoms with E-state index in [-0.39, 0.29) is 0 Å². The second-order valence-electron chi connectivity index (χ2n) is 30.4. The minimum atomic E-state index is -2.09. The summed E-state index contributed by atoms with van der Waals surface area (Å²) in [6.45, 7) is 36.5. The Balaban J connectivity index is 0.000000172. The maximum Gasteiger partial charge on any atom is 0.215 e. The summed E-state index contributed by atoms with van der Waals surface area (Å²) < 4.78 is 60.0. The van der Waals surface area contributed by atoms with Gasteiger partial charge in [-0.15, -0.1) is 0 Å². The SMILES string of the molecule is Cc1ccc(C)c(-c2c(C)ccc[n+]2C)c1.Cc1ccc(C)c(-c2c(C)ccc[n+]2C)c1.Cc1cccc(-c2cccc(C)[n+]2C)c1C.Cc1cccc(C)c1-c1c(C)ccc[n+]1C.Cc1cccc(C)c1-c1c(C)ccc[n+]1C.[2H]C([2H])([2H])c1ccc(-c2c(C)ccc[n+]2C)c(C)c1.[2H]C([2H])([2H])c1cccc(-c2cccc(C)c2C)[n+]1C. The van der Waals surface area contributed by atoms with Crippen molar-refractivity contribution in [1.82, 2.24) is 0 Å². The van der Waals surface area contributed by atoms with Crippen LogP contribution in [0.2, 0.25) is 0 Å². The first kappa shape index (κ1) is 77.3. The fourth-order valence-corrected chi connectivity index (χ4v) is 14.9. The summed E-state index contributed by atoms with van der Waals surface area (Å²) in [7, 11) is 14.3. The zero-order valence-electron chi connectivity index (χ0n) is 77.9. The van der Waals surface area contributed by atoms with Gasteiger partial charge in [0.25, 0.3) is 0 Å². The van der Waals surface area contributed by atoms with Gasteiger partial charge in [-0.3, -0.25) is 0 Å². The van der Waals surface area contributed by atoms with Gasteiger partial charge in [-0.2, -0.15) is 9.13 Å². The van der Waals surface area contributed by atoms with E-state index in [2.05, 4.69) is 382 Å². The predicted octanol–water partition coefficient (Wildman–Crippen LogP) is 21.7. The highest BCUT2D eigenvalue weighted by atomic mass is 15.0. The molecule has 7 heteroatoms. The number of pyridine rings is 7. The van der Waals surface area contributed by atoms with Crippen molar-refractivity contribution in [2.75, 3.05) is 0 Å². The zero-order chi connectivity index (χ0) is 86.9. The fraction of sp³-hybridized carbons (Fsp3) is 0.267. The van der Waals surface area contributed by atoms with Crippen LogP contribution in [0.1, 0.15) is 125 Å². The van der Waals surface area contributed by atoms with E-state index in [1.165, 1.54) is 157 Å². The minimum Gasteiger partial charge on any atom is -0.201 e. The van der Waals surface area contributed by atoms with Gasteiger partial charge in [0.1, 0.15) is 49.3 Å². The molecular formula is C105H126N7+7. The Hall–Kier alpha value is -11.4. The van der Waals surface area contributed by atoms with Crippen LogP contribution in [0.4, 0.5) is 0 Å². The average molecular weight is 1490 g/mol. The molecule has 0 fully saturated rings. The van der Waals surface area contributed by atoms with Crippen LogP contribution >= 0.6 is 0 Å². The average Bonchev–Trinajstić information content (AvgIpc) is 0.814. The molecule has 112 heavy (non-hydrogen) atoms. The second kappa shape index (κ2) is 39.5. The highest BCUT2D eigenvalue weighted by molar-refractivity contribution is 5.71. The molecule has 0 amide bonds. The topological polar surface area (TPSA) is 27.2 Å². The van der Waals surface area contributed by atoms with E-state index >= 15 is 0 Å². The Kier molecular flexibility index (Phi) is 27.3. The van der Waals surface area contributed by atoms with Crippen LogP contribution < -0.4 is 32.0 Å². The summed E-state index contributed by atoms with van der Waals surface area (Å²) in [5.74, 6) is 0. The smallest absolute Gasteiger partial charge is 0.201 e. The lowest BCUT2D eigenvalue weighted by Crippen LogP contribution is -2.34. The van der Waals surface area contributed by atoms with Gasteiger partial charge in [0.2, 0.25) is 39.9 Å². The van der Waals surface area contributed by atoms with Crippen LogP contribution in [0.5, 0.6) is 0 Å². The Bertz CT molecular complexity index is 5400. The van der Waals surface area contributed by atoms with Crippen molar-refractivity contribution in [2.24, 2.45) is 49.3 Å². The Morgan fingerprint density at radius 1 is 0.205 bits per heavy atom. The summed E-state index contributed by atoms with van der Waals surface area (Å²) in [6, 6.07) is 77.0. The van der Waals surface area contributed by atoms with E-state index in [4.69, 9.17) is 8.22 Å². The van der Waals surface area contributed by atoms with Gasteiger partial charge >= 0.3 is 0 Å². The van der Waals surface area contributed by atoms with Gasteiger partial charge in [-0.1, -0.05) is 114 Å². The number of hydrogen-bond acceptors (Lipinski definition) is 0. The Morgan fingerprint density at radius 3 is 0.839 bits per heavy atom. The van der Waals surface area contributed by atoms with Crippen LogP contribution in [0.15, 0.2) is 255 Å². The lowest BCUT2D eigenvalue weighted by Gasteiger charge is -2.09. The van der Waals surface area contributed by atoms with Gasteiger partial charge < -0.3 is 0 Å². The number of hydrogen-bond donors (Lipinski definition) is 0. The maximum atomic E-state index is 7.58. The largest absolute Gasteiger partial charge is 0.215 e. The number of aromatic nitrogens is 7. The van der Waals surface area contributed by atoms with Crippen molar-refractivity contribution in [1.29, 1.82) is 0 Å². The molecule has 574 valence electrons. The van der Waals surface area contributed by atoms with E-state index in [0.29, 0.717) is 11.3 Å². The third-order valence-corrected chi connectivity index (χ3v) is 21.6. The number of rotatable bonds is 7. The van der Waals surface area contributed by atoms with Crippen LogP contribution in [0.25, 0.3) is 78.8 Å². The minimum absolute atomic E-state index is 0.353. The van der Waals surface area contributed by atoms with Crippen LogP contribution in [0, 0.1) is 145 Å². The van der Waals surface area contributed by atoms with Crippen molar-refractivity contribution < 1.29 is 40.2 Å². The molecule has 7 aromatic carbocycles. The molecule has 0 radical (unpaired) electrons. The van der Waals surface area contributed by atoms with Crippen molar-refractivity contribution in [3.63, 3.8) is 0 Å². The molecule has 0 aliphatic carbocycles. The number of nitrogens with zero attached hydrogens (tertiary/aromatic N) is 7. The van der Waals surface area contributed by atoms with E-state index in [9.17, 15) is 0 Å². The highest BCUT2D eigenvalue weighted by Gasteiger charge is 2.22. The third-order valence-electron chi connectivity index (χ3n) is 21.6. The van der Waals surface area contributed by atoms with Crippen molar-refractivity contribution in [2.45, 2.75) is 145 Å². The summed E-state index contributed by atoms with van der Waals surface area (Å²) in [4.78, 5) is 0. The predicted molar refractivity (Wildman–Crippen MR) is 471 cm³/mol. The standard InChI is InChI=1S/7C15H18N/c2*1-11-7-5-9-14(13(11)3)15-10-6-8-12(2)16(15)4;2*1-11-7-5-8-12(2)14(11)15-13(3)9-6-10-16(15)4;2*1-11-7-8-12(2)14(10-11)15-13(3)6-5-9-16(15)4;1-11-7-8-14(13(3)10-11)15-12(2)6-5-9-16(15)4/h7*5-10H,1-4H3/q7*+1/i2D3;;;;;;1D3. The fourth-order valence-electron chi connectivity index (χ4n) is 14.9. The molecule has 7 heterocycles. The molecule has 0 saturated carbocycles. The maximum absolute atomic E-state index is 7.58. The highest BCUT2D eigenvalue weighted by Crippen LogP contribution is 2.31. The van der Waals surface area contributed by atoms with Gasteiger partial charge in [0, 0.05) is 132 Å². The monoisotopic (exact) mass is 1490 g/mol. The molecule has 14 rings (SSSR count). The molecule has 0 N–H and O–H groups in total. The summed E-state index contributed by atoms with van der Waals surface area (Å²) in [6.07, 6.45) is 10.4. The van der Waals surface area contributed by atoms with Crippen LogP contribution in [-0.2, 0) is 49.3 Å². The number of aryl methyl sites for hydroxylation is 24. The Labute approximate surface area is 682 Å². The molecule has 0 saturated heterocycles. The first-order valence-corrected chi connectivity index (χ1v) is 38.9. The van der Waals surface area contributed by atoms with E-state index in [1.807, 2.05) is 50.5 Å².